The van der Waals surface area contributed by atoms with Crippen molar-refractivity contribution >= 4 is 16.9 Å². The van der Waals surface area contributed by atoms with Gasteiger partial charge in [-0.15, -0.1) is 0 Å². The fourth-order valence-electron chi connectivity index (χ4n) is 1.73. The van der Waals surface area contributed by atoms with Crippen LogP contribution in [0.1, 0.15) is 50.9 Å². The van der Waals surface area contributed by atoms with E-state index in [-0.39, 0.29) is 17.1 Å². The molecule has 3 nitrogen and oxygen atoms in total. The number of hydrogen-bond acceptors (Lipinski definition) is 3. The summed E-state index contributed by atoms with van der Waals surface area (Å²) in [6, 6.07) is 5.45. The van der Waals surface area contributed by atoms with E-state index in [4.69, 9.17) is 4.42 Å². The van der Waals surface area contributed by atoms with Gasteiger partial charge in [-0.3, -0.25) is 4.79 Å². The lowest BCUT2D eigenvalue weighted by Crippen LogP contribution is -2.11. The van der Waals surface area contributed by atoms with E-state index in [1.807, 2.05) is 32.0 Å². The summed E-state index contributed by atoms with van der Waals surface area (Å²) in [5, 5.41) is 0. The zero-order valence-corrected chi connectivity index (χ0v) is 11.6. The summed E-state index contributed by atoms with van der Waals surface area (Å²) in [6.45, 7) is 9.96. The molecule has 0 amide bonds. The molecule has 1 aromatic carbocycles. The topological polar surface area (TPSA) is 43.1 Å². The van der Waals surface area contributed by atoms with Gasteiger partial charge in [0.25, 0.3) is 0 Å². The predicted octanol–water partition coefficient (Wildman–Crippen LogP) is 3.96. The van der Waals surface area contributed by atoms with E-state index in [0.29, 0.717) is 11.5 Å². The van der Waals surface area contributed by atoms with Gasteiger partial charge in [0.2, 0.25) is 5.89 Å². The van der Waals surface area contributed by atoms with Crippen LogP contribution >= 0.6 is 0 Å². The number of rotatable bonds is 2. The number of aromatic nitrogens is 1. The van der Waals surface area contributed by atoms with Crippen molar-refractivity contribution in [3.05, 3.63) is 29.7 Å². The van der Waals surface area contributed by atoms with E-state index in [1.165, 1.54) is 0 Å². The SMILES string of the molecule is CC(C)C(=O)c1ccc2oc(C(C)(C)C)nc2c1. The number of ketones is 1. The molecule has 0 aliphatic rings. The number of carbonyl (C=O) groups excluding carboxylic acids is 1. The molecule has 0 aliphatic carbocycles. The molecular weight excluding hydrogens is 226 g/mol. The van der Waals surface area contributed by atoms with Crippen LogP contribution in [0.2, 0.25) is 0 Å². The third kappa shape index (κ3) is 2.30. The molecule has 0 N–H and O–H groups in total. The molecule has 0 spiro atoms. The Balaban J connectivity index is 2.49. The first kappa shape index (κ1) is 12.8. The van der Waals surface area contributed by atoms with Crippen LogP contribution in [-0.2, 0) is 5.41 Å². The zero-order chi connectivity index (χ0) is 13.5. The number of Topliss-reactive ketones (excluding diaryl/α,β-unsaturated/α-hetero) is 1. The largest absolute Gasteiger partial charge is 0.440 e. The number of carbonyl (C=O) groups is 1. The molecule has 0 bridgehead atoms. The lowest BCUT2D eigenvalue weighted by Gasteiger charge is -2.11. The van der Waals surface area contributed by atoms with Crippen molar-refractivity contribution in [2.75, 3.05) is 0 Å². The van der Waals surface area contributed by atoms with Crippen LogP contribution < -0.4 is 0 Å². The Morgan fingerprint density at radius 1 is 1.28 bits per heavy atom. The van der Waals surface area contributed by atoms with E-state index in [0.717, 1.165) is 11.1 Å². The first-order valence-electron chi connectivity index (χ1n) is 6.24. The Labute approximate surface area is 107 Å². The van der Waals surface area contributed by atoms with Gasteiger partial charge in [0.05, 0.1) is 0 Å². The highest BCUT2D eigenvalue weighted by molar-refractivity contribution is 5.99. The molecule has 18 heavy (non-hydrogen) atoms. The van der Waals surface area contributed by atoms with Gasteiger partial charge in [-0.1, -0.05) is 34.6 Å². The molecule has 3 heteroatoms. The molecule has 2 aromatic rings. The van der Waals surface area contributed by atoms with Gasteiger partial charge < -0.3 is 4.42 Å². The first-order valence-corrected chi connectivity index (χ1v) is 6.24. The third-order valence-electron chi connectivity index (χ3n) is 2.84. The molecule has 0 unspecified atom stereocenters. The minimum absolute atomic E-state index is 0.00330. The number of fused-ring (bicyclic) bond motifs is 1. The van der Waals surface area contributed by atoms with Crippen molar-refractivity contribution in [2.24, 2.45) is 5.92 Å². The quantitative estimate of drug-likeness (QED) is 0.752. The monoisotopic (exact) mass is 245 g/mol. The second kappa shape index (κ2) is 4.23. The smallest absolute Gasteiger partial charge is 0.200 e. The number of nitrogens with zero attached hydrogens (tertiary/aromatic N) is 1. The Hall–Kier alpha value is -1.64. The van der Waals surface area contributed by atoms with E-state index in [2.05, 4.69) is 25.8 Å². The zero-order valence-electron chi connectivity index (χ0n) is 11.6. The van der Waals surface area contributed by atoms with Crippen LogP contribution in [0.5, 0.6) is 0 Å². The Morgan fingerprint density at radius 3 is 2.50 bits per heavy atom. The summed E-state index contributed by atoms with van der Waals surface area (Å²) in [4.78, 5) is 16.4. The normalized spacial score (nSPS) is 12.3. The van der Waals surface area contributed by atoms with Gasteiger partial charge in [-0.25, -0.2) is 4.98 Å². The second-order valence-corrected chi connectivity index (χ2v) is 5.97. The molecule has 0 saturated heterocycles. The molecule has 1 aromatic heterocycles. The van der Waals surface area contributed by atoms with Crippen molar-refractivity contribution in [2.45, 2.75) is 40.0 Å². The van der Waals surface area contributed by atoms with Crippen molar-refractivity contribution in [1.29, 1.82) is 0 Å². The van der Waals surface area contributed by atoms with E-state index >= 15 is 0 Å². The maximum absolute atomic E-state index is 11.9. The molecule has 0 fully saturated rings. The maximum Gasteiger partial charge on any atom is 0.200 e. The molecule has 0 atom stereocenters. The Kier molecular flexibility index (Phi) is 3.01. The summed E-state index contributed by atoms with van der Waals surface area (Å²) in [7, 11) is 0. The van der Waals surface area contributed by atoms with Gasteiger partial charge >= 0.3 is 0 Å². The summed E-state index contributed by atoms with van der Waals surface area (Å²) in [5.41, 5.74) is 2.07. The van der Waals surface area contributed by atoms with Gasteiger partial charge in [0.15, 0.2) is 11.4 Å². The standard InChI is InChI=1S/C15H19NO2/c1-9(2)13(17)10-6-7-12-11(8-10)16-14(18-12)15(3,4)5/h6-9H,1-5H3. The summed E-state index contributed by atoms with van der Waals surface area (Å²) < 4.78 is 5.71. The van der Waals surface area contributed by atoms with Gasteiger partial charge in [0, 0.05) is 16.9 Å². The third-order valence-corrected chi connectivity index (χ3v) is 2.84. The van der Waals surface area contributed by atoms with Crippen molar-refractivity contribution in [3.63, 3.8) is 0 Å². The summed E-state index contributed by atoms with van der Waals surface area (Å²) in [6.07, 6.45) is 0. The molecular formula is C15H19NO2. The van der Waals surface area contributed by atoms with Crippen LogP contribution in [0.25, 0.3) is 11.1 Å². The molecule has 0 aliphatic heterocycles. The second-order valence-electron chi connectivity index (χ2n) is 5.97. The first-order chi connectivity index (χ1) is 8.29. The fraction of sp³-hybridized carbons (Fsp3) is 0.467. The van der Waals surface area contributed by atoms with Crippen LogP contribution in [0.4, 0.5) is 0 Å². The maximum atomic E-state index is 11.9. The number of benzene rings is 1. The number of oxazole rings is 1. The molecule has 0 radical (unpaired) electrons. The van der Waals surface area contributed by atoms with Crippen molar-refractivity contribution < 1.29 is 9.21 Å². The number of hydrogen-bond donors (Lipinski definition) is 0. The minimum Gasteiger partial charge on any atom is -0.440 e. The summed E-state index contributed by atoms with van der Waals surface area (Å²) in [5.74, 6) is 0.834. The lowest BCUT2D eigenvalue weighted by molar-refractivity contribution is 0.0939. The molecule has 0 saturated carbocycles. The Morgan fingerprint density at radius 2 is 1.94 bits per heavy atom. The van der Waals surface area contributed by atoms with Gasteiger partial charge in [-0.2, -0.15) is 0 Å². The average Bonchev–Trinajstić information content (AvgIpc) is 2.69. The molecule has 1 heterocycles. The van der Waals surface area contributed by atoms with Gasteiger partial charge in [0.1, 0.15) is 5.52 Å². The van der Waals surface area contributed by atoms with Gasteiger partial charge in [-0.05, 0) is 18.2 Å². The van der Waals surface area contributed by atoms with Crippen LogP contribution in [-0.4, -0.2) is 10.8 Å². The van der Waals surface area contributed by atoms with E-state index in [1.54, 1.807) is 0 Å². The average molecular weight is 245 g/mol. The highest BCUT2D eigenvalue weighted by atomic mass is 16.3. The minimum atomic E-state index is -0.124. The van der Waals surface area contributed by atoms with E-state index in [9.17, 15) is 4.79 Å². The predicted molar refractivity (Wildman–Crippen MR) is 71.9 cm³/mol. The van der Waals surface area contributed by atoms with Crippen LogP contribution in [0.15, 0.2) is 22.6 Å². The highest BCUT2D eigenvalue weighted by Crippen LogP contribution is 2.26. The fourth-order valence-corrected chi connectivity index (χ4v) is 1.73. The molecule has 96 valence electrons. The lowest BCUT2D eigenvalue weighted by atomic mass is 9.97. The van der Waals surface area contributed by atoms with Crippen molar-refractivity contribution in [3.8, 4) is 0 Å². The Bertz CT molecular complexity index is 588. The molecule has 2 rings (SSSR count). The highest BCUT2D eigenvalue weighted by Gasteiger charge is 2.21. The van der Waals surface area contributed by atoms with Crippen molar-refractivity contribution in [1.82, 2.24) is 4.98 Å². The van der Waals surface area contributed by atoms with Crippen LogP contribution in [0, 0.1) is 5.92 Å². The summed E-state index contributed by atoms with van der Waals surface area (Å²) >= 11 is 0. The van der Waals surface area contributed by atoms with Crippen LogP contribution in [0.3, 0.4) is 0 Å². The van der Waals surface area contributed by atoms with E-state index < -0.39 is 0 Å².